The number of rotatable bonds is 0. The van der Waals surface area contributed by atoms with E-state index in [9.17, 15) is 0 Å². The van der Waals surface area contributed by atoms with Crippen molar-refractivity contribution in [2.75, 3.05) is 0 Å². The molecule has 1 aliphatic rings. The Labute approximate surface area is 80.7 Å². The molecule has 0 N–H and O–H groups in total. The summed E-state index contributed by atoms with van der Waals surface area (Å²) in [4.78, 5) is 0. The Balaban J connectivity index is 2.58. The number of benzene rings is 1. The molecule has 1 aromatic carbocycles. The minimum absolute atomic E-state index is 1.03. The van der Waals surface area contributed by atoms with Gasteiger partial charge in [0.15, 0.2) is 0 Å². The Hall–Kier alpha value is -0.820. The predicted octanol–water partition coefficient (Wildman–Crippen LogP) is 3.88. The third-order valence-corrected chi connectivity index (χ3v) is 2.41. The van der Waals surface area contributed by atoms with Crippen molar-refractivity contribution in [2.45, 2.75) is 6.42 Å². The first-order valence-corrected chi connectivity index (χ1v) is 4.78. The molecule has 0 saturated heterocycles. The van der Waals surface area contributed by atoms with Gasteiger partial charge in [-0.15, -0.1) is 0 Å². The fourth-order valence-electron chi connectivity index (χ4n) is 1.31. The molecule has 0 heterocycles. The van der Waals surface area contributed by atoms with Crippen LogP contribution in [0.5, 0.6) is 0 Å². The molecule has 0 atom stereocenters. The van der Waals surface area contributed by atoms with Gasteiger partial charge in [0.25, 0.3) is 0 Å². The maximum absolute atomic E-state index is 3.46. The molecule has 0 aliphatic heterocycles. The van der Waals surface area contributed by atoms with Crippen LogP contribution in [0.15, 0.2) is 34.8 Å². The summed E-state index contributed by atoms with van der Waals surface area (Å²) in [6, 6.07) is 6.34. The van der Waals surface area contributed by atoms with Gasteiger partial charge in [-0.25, -0.2) is 0 Å². The molecule has 60 valence electrons. The van der Waals surface area contributed by atoms with Crippen molar-refractivity contribution in [1.29, 1.82) is 0 Å². The fraction of sp³-hybridized carbons (Fsp3) is 0.0909. The average molecular weight is 221 g/mol. The van der Waals surface area contributed by atoms with Gasteiger partial charge < -0.3 is 0 Å². The van der Waals surface area contributed by atoms with Crippen molar-refractivity contribution in [2.24, 2.45) is 0 Å². The summed E-state index contributed by atoms with van der Waals surface area (Å²) >= 11 is 3.46. The minimum atomic E-state index is 1.03. The molecule has 1 aliphatic carbocycles. The van der Waals surface area contributed by atoms with Crippen LogP contribution in [0.25, 0.3) is 12.2 Å². The van der Waals surface area contributed by atoms with Crippen molar-refractivity contribution in [1.82, 2.24) is 0 Å². The Morgan fingerprint density at radius 1 is 1.00 bits per heavy atom. The Bertz CT molecular complexity index is 348. The molecular weight excluding hydrogens is 212 g/mol. The molecule has 0 bridgehead atoms. The van der Waals surface area contributed by atoms with E-state index in [1.165, 1.54) is 11.1 Å². The van der Waals surface area contributed by atoms with Crippen molar-refractivity contribution in [3.8, 4) is 0 Å². The van der Waals surface area contributed by atoms with Gasteiger partial charge in [-0.2, -0.15) is 0 Å². The monoisotopic (exact) mass is 220 g/mol. The Morgan fingerprint density at radius 3 is 2.58 bits per heavy atom. The maximum Gasteiger partial charge on any atom is 0.0181 e. The van der Waals surface area contributed by atoms with Gasteiger partial charge in [0, 0.05) is 4.47 Å². The highest BCUT2D eigenvalue weighted by Gasteiger charge is 1.98. The number of hydrogen-bond donors (Lipinski definition) is 0. The second-order valence-corrected chi connectivity index (χ2v) is 3.73. The lowest BCUT2D eigenvalue weighted by atomic mass is 10.1. The van der Waals surface area contributed by atoms with Crippen LogP contribution in [-0.2, 0) is 0 Å². The number of allylic oxidation sites excluding steroid dienone is 2. The topological polar surface area (TPSA) is 0 Å². The van der Waals surface area contributed by atoms with E-state index in [0.29, 0.717) is 0 Å². The molecule has 0 fully saturated rings. The number of fused-ring (bicyclic) bond motifs is 1. The lowest BCUT2D eigenvalue weighted by Gasteiger charge is -1.99. The zero-order chi connectivity index (χ0) is 8.39. The first-order valence-electron chi connectivity index (χ1n) is 3.99. The highest BCUT2D eigenvalue weighted by molar-refractivity contribution is 9.10. The van der Waals surface area contributed by atoms with Crippen molar-refractivity contribution < 1.29 is 0 Å². The molecular formula is C11H9Br. The zero-order valence-corrected chi connectivity index (χ0v) is 8.21. The third-order valence-electron chi connectivity index (χ3n) is 1.92. The predicted molar refractivity (Wildman–Crippen MR) is 56.8 cm³/mol. The van der Waals surface area contributed by atoms with Gasteiger partial charge in [-0.3, -0.25) is 0 Å². The van der Waals surface area contributed by atoms with Crippen LogP contribution in [0.2, 0.25) is 0 Å². The van der Waals surface area contributed by atoms with E-state index in [1.807, 2.05) is 0 Å². The molecule has 1 heteroatoms. The van der Waals surface area contributed by atoms with E-state index >= 15 is 0 Å². The number of hydrogen-bond acceptors (Lipinski definition) is 0. The first kappa shape index (κ1) is 7.81. The van der Waals surface area contributed by atoms with Gasteiger partial charge in [0.2, 0.25) is 0 Å². The summed E-state index contributed by atoms with van der Waals surface area (Å²) in [6.07, 6.45) is 9.72. The van der Waals surface area contributed by atoms with E-state index in [-0.39, 0.29) is 0 Å². The number of halogens is 1. The van der Waals surface area contributed by atoms with Crippen molar-refractivity contribution in [3.05, 3.63) is 46.0 Å². The van der Waals surface area contributed by atoms with Gasteiger partial charge >= 0.3 is 0 Å². The largest absolute Gasteiger partial charge is 0.0801 e. The Kier molecular flexibility index (Phi) is 2.13. The van der Waals surface area contributed by atoms with Crippen LogP contribution in [0.4, 0.5) is 0 Å². The summed E-state index contributed by atoms with van der Waals surface area (Å²) in [5, 5.41) is 0. The highest BCUT2D eigenvalue weighted by atomic mass is 79.9. The van der Waals surface area contributed by atoms with Crippen LogP contribution < -0.4 is 0 Å². The van der Waals surface area contributed by atoms with Gasteiger partial charge in [-0.05, 0) is 29.7 Å². The third kappa shape index (κ3) is 1.51. The second-order valence-electron chi connectivity index (χ2n) is 2.81. The van der Waals surface area contributed by atoms with E-state index in [2.05, 4.69) is 58.4 Å². The average Bonchev–Trinajstić information content (AvgIpc) is 2.28. The highest BCUT2D eigenvalue weighted by Crippen LogP contribution is 2.21. The van der Waals surface area contributed by atoms with E-state index < -0.39 is 0 Å². The maximum atomic E-state index is 3.46. The van der Waals surface area contributed by atoms with Gasteiger partial charge in [-0.1, -0.05) is 46.3 Å². The molecule has 12 heavy (non-hydrogen) atoms. The van der Waals surface area contributed by atoms with Crippen LogP contribution in [-0.4, -0.2) is 0 Å². The van der Waals surface area contributed by atoms with Crippen LogP contribution in [0, 0.1) is 0 Å². The van der Waals surface area contributed by atoms with Crippen molar-refractivity contribution in [3.63, 3.8) is 0 Å². The summed E-state index contributed by atoms with van der Waals surface area (Å²) < 4.78 is 1.14. The molecule has 0 saturated carbocycles. The molecule has 0 amide bonds. The fourth-order valence-corrected chi connectivity index (χ4v) is 1.69. The molecule has 1 aromatic rings. The standard InChI is InChI=1S/C11H9Br/c12-11-7-6-9-4-2-1-3-5-10(9)8-11/h2-8H,1H2. The SMILES string of the molecule is Brc1ccc2c(c1)C=CCC=C2. The summed E-state index contributed by atoms with van der Waals surface area (Å²) in [5.41, 5.74) is 2.59. The van der Waals surface area contributed by atoms with Gasteiger partial charge in [0.1, 0.15) is 0 Å². The van der Waals surface area contributed by atoms with Crippen LogP contribution in [0.3, 0.4) is 0 Å². The van der Waals surface area contributed by atoms with E-state index in [1.54, 1.807) is 0 Å². The molecule has 2 rings (SSSR count). The normalized spacial score (nSPS) is 14.1. The summed E-state index contributed by atoms with van der Waals surface area (Å²) in [7, 11) is 0. The Morgan fingerprint density at radius 2 is 1.75 bits per heavy atom. The van der Waals surface area contributed by atoms with E-state index in [4.69, 9.17) is 0 Å². The van der Waals surface area contributed by atoms with E-state index in [0.717, 1.165) is 10.9 Å². The zero-order valence-electron chi connectivity index (χ0n) is 6.63. The second kappa shape index (κ2) is 3.28. The summed E-state index contributed by atoms with van der Waals surface area (Å²) in [5.74, 6) is 0. The lowest BCUT2D eigenvalue weighted by molar-refractivity contribution is 1.44. The smallest absolute Gasteiger partial charge is 0.0181 e. The lowest BCUT2D eigenvalue weighted by Crippen LogP contribution is -1.78. The first-order chi connectivity index (χ1) is 5.86. The quantitative estimate of drug-likeness (QED) is 0.623. The molecule has 0 radical (unpaired) electrons. The van der Waals surface area contributed by atoms with Crippen LogP contribution in [0.1, 0.15) is 17.5 Å². The molecule has 0 spiro atoms. The molecule has 0 nitrogen and oxygen atoms in total. The molecule has 0 unspecified atom stereocenters. The van der Waals surface area contributed by atoms with Crippen molar-refractivity contribution >= 4 is 28.1 Å². The summed E-state index contributed by atoms with van der Waals surface area (Å²) in [6.45, 7) is 0. The van der Waals surface area contributed by atoms with Crippen LogP contribution >= 0.6 is 15.9 Å². The minimum Gasteiger partial charge on any atom is -0.0801 e. The van der Waals surface area contributed by atoms with Gasteiger partial charge in [0.05, 0.1) is 0 Å². The molecule has 0 aromatic heterocycles.